The van der Waals surface area contributed by atoms with Crippen LogP contribution in [0.25, 0.3) is 0 Å². The Hall–Kier alpha value is -0.0800. The van der Waals surface area contributed by atoms with Crippen LogP contribution >= 0.6 is 0 Å². The fourth-order valence-electron chi connectivity index (χ4n) is 3.33. The van der Waals surface area contributed by atoms with E-state index in [0.717, 1.165) is 31.0 Å². The molecule has 1 heterocycles. The van der Waals surface area contributed by atoms with Crippen molar-refractivity contribution in [3.05, 3.63) is 0 Å². The fraction of sp³-hybridized carbons (Fsp3) is 1.00. The average molecular weight is 239 g/mol. The van der Waals surface area contributed by atoms with Crippen LogP contribution in [0.3, 0.4) is 0 Å². The minimum absolute atomic E-state index is 0.535. The largest absolute Gasteiger partial charge is 0.378 e. The first kappa shape index (κ1) is 13.4. The summed E-state index contributed by atoms with van der Waals surface area (Å²) >= 11 is 0. The molecule has 4 unspecified atom stereocenters. The molecule has 0 bridgehead atoms. The Morgan fingerprint density at radius 2 is 1.94 bits per heavy atom. The highest BCUT2D eigenvalue weighted by molar-refractivity contribution is 4.82. The summed E-state index contributed by atoms with van der Waals surface area (Å²) in [5.74, 6) is 1.74. The zero-order valence-electron chi connectivity index (χ0n) is 11.6. The lowest BCUT2D eigenvalue weighted by atomic mass is 9.78. The van der Waals surface area contributed by atoms with Gasteiger partial charge in [0.2, 0.25) is 0 Å². The molecule has 0 aromatic heterocycles. The van der Waals surface area contributed by atoms with Crippen molar-refractivity contribution >= 4 is 0 Å². The van der Waals surface area contributed by atoms with E-state index in [-0.39, 0.29) is 0 Å². The Kier molecular flexibility index (Phi) is 5.30. The van der Waals surface area contributed by atoms with Crippen LogP contribution in [0.1, 0.15) is 58.8 Å². The molecule has 0 radical (unpaired) electrons. The number of nitrogens with one attached hydrogen (secondary N) is 1. The van der Waals surface area contributed by atoms with Gasteiger partial charge in [-0.1, -0.05) is 26.7 Å². The third kappa shape index (κ3) is 3.96. The summed E-state index contributed by atoms with van der Waals surface area (Å²) in [7, 11) is 0. The third-order valence-electron chi connectivity index (χ3n) is 4.85. The molecule has 0 amide bonds. The lowest BCUT2D eigenvalue weighted by Gasteiger charge is -2.35. The van der Waals surface area contributed by atoms with Gasteiger partial charge < -0.3 is 10.1 Å². The average Bonchev–Trinajstić information content (AvgIpc) is 2.36. The van der Waals surface area contributed by atoms with Gasteiger partial charge in [-0.05, 0) is 50.5 Å². The van der Waals surface area contributed by atoms with E-state index in [1.165, 1.54) is 44.9 Å². The molecule has 100 valence electrons. The van der Waals surface area contributed by atoms with Crippen molar-refractivity contribution in [1.82, 2.24) is 5.32 Å². The van der Waals surface area contributed by atoms with Crippen molar-refractivity contribution in [2.45, 2.75) is 70.9 Å². The van der Waals surface area contributed by atoms with Gasteiger partial charge in [-0.2, -0.15) is 0 Å². The molecule has 2 nitrogen and oxygen atoms in total. The number of hydrogen-bond donors (Lipinski definition) is 1. The monoisotopic (exact) mass is 239 g/mol. The molecule has 1 saturated heterocycles. The Morgan fingerprint density at radius 3 is 2.71 bits per heavy atom. The smallest absolute Gasteiger partial charge is 0.0587 e. The molecule has 0 aromatic rings. The van der Waals surface area contributed by atoms with Crippen LogP contribution < -0.4 is 5.32 Å². The molecule has 2 rings (SSSR count). The summed E-state index contributed by atoms with van der Waals surface area (Å²) in [4.78, 5) is 0. The molecule has 2 fully saturated rings. The van der Waals surface area contributed by atoms with Crippen molar-refractivity contribution in [3.63, 3.8) is 0 Å². The molecule has 0 spiro atoms. The van der Waals surface area contributed by atoms with Crippen molar-refractivity contribution in [1.29, 1.82) is 0 Å². The summed E-state index contributed by atoms with van der Waals surface area (Å²) in [6.07, 6.45) is 9.84. The lowest BCUT2D eigenvalue weighted by molar-refractivity contribution is 0.0105. The zero-order valence-corrected chi connectivity index (χ0v) is 11.6. The highest BCUT2D eigenvalue weighted by Gasteiger charge is 2.26. The first-order chi connectivity index (χ1) is 8.27. The zero-order chi connectivity index (χ0) is 12.1. The van der Waals surface area contributed by atoms with Crippen molar-refractivity contribution < 1.29 is 4.74 Å². The minimum Gasteiger partial charge on any atom is -0.378 e. The molecule has 0 aromatic carbocycles. The van der Waals surface area contributed by atoms with Crippen molar-refractivity contribution in [3.8, 4) is 0 Å². The van der Waals surface area contributed by atoms with E-state index >= 15 is 0 Å². The Balaban J connectivity index is 1.63. The summed E-state index contributed by atoms with van der Waals surface area (Å²) in [5.41, 5.74) is 0. The maximum absolute atomic E-state index is 5.78. The van der Waals surface area contributed by atoms with E-state index in [4.69, 9.17) is 4.74 Å². The van der Waals surface area contributed by atoms with Gasteiger partial charge in [0.1, 0.15) is 0 Å². The first-order valence-electron chi connectivity index (χ1n) is 7.62. The lowest BCUT2D eigenvalue weighted by Crippen LogP contribution is -2.41. The second-order valence-electron chi connectivity index (χ2n) is 6.11. The van der Waals surface area contributed by atoms with Crippen LogP contribution in [0.5, 0.6) is 0 Å². The Morgan fingerprint density at radius 1 is 1.06 bits per heavy atom. The summed E-state index contributed by atoms with van der Waals surface area (Å²) < 4.78 is 5.78. The van der Waals surface area contributed by atoms with Gasteiger partial charge in [0.15, 0.2) is 0 Å². The third-order valence-corrected chi connectivity index (χ3v) is 4.85. The normalized spacial score (nSPS) is 39.2. The summed E-state index contributed by atoms with van der Waals surface area (Å²) in [6.45, 7) is 6.95. The summed E-state index contributed by atoms with van der Waals surface area (Å²) in [5, 5.41) is 3.77. The van der Waals surface area contributed by atoms with E-state index in [2.05, 4.69) is 19.2 Å². The van der Waals surface area contributed by atoms with Crippen LogP contribution in [0.4, 0.5) is 0 Å². The van der Waals surface area contributed by atoms with Gasteiger partial charge in [0.05, 0.1) is 6.10 Å². The molecule has 1 aliphatic heterocycles. The van der Waals surface area contributed by atoms with E-state index in [1.807, 2.05) is 0 Å². The topological polar surface area (TPSA) is 21.3 Å². The molecular weight excluding hydrogens is 210 g/mol. The Labute approximate surface area is 107 Å². The van der Waals surface area contributed by atoms with E-state index in [9.17, 15) is 0 Å². The summed E-state index contributed by atoms with van der Waals surface area (Å²) in [6, 6.07) is 0.752. The first-order valence-corrected chi connectivity index (χ1v) is 7.62. The molecule has 2 aliphatic rings. The highest BCUT2D eigenvalue weighted by atomic mass is 16.5. The predicted molar refractivity (Wildman–Crippen MR) is 72.2 cm³/mol. The van der Waals surface area contributed by atoms with E-state index in [1.54, 1.807) is 0 Å². The standard InChI is InChI=1S/C15H29NO/c1-12-6-5-8-15(13(12)2)16-10-9-14-7-3-4-11-17-14/h12-16H,3-11H2,1-2H3. The molecule has 1 aliphatic carbocycles. The van der Waals surface area contributed by atoms with Gasteiger partial charge in [0.25, 0.3) is 0 Å². The number of ether oxygens (including phenoxy) is 1. The molecule has 2 heteroatoms. The Bertz CT molecular complexity index is 213. The highest BCUT2D eigenvalue weighted by Crippen LogP contribution is 2.29. The molecule has 4 atom stereocenters. The van der Waals surface area contributed by atoms with Crippen LogP contribution in [0, 0.1) is 11.8 Å². The second-order valence-corrected chi connectivity index (χ2v) is 6.11. The van der Waals surface area contributed by atoms with E-state index < -0.39 is 0 Å². The van der Waals surface area contributed by atoms with Gasteiger partial charge in [-0.15, -0.1) is 0 Å². The van der Waals surface area contributed by atoms with Crippen molar-refractivity contribution in [2.24, 2.45) is 11.8 Å². The van der Waals surface area contributed by atoms with E-state index in [0.29, 0.717) is 6.10 Å². The van der Waals surface area contributed by atoms with Crippen molar-refractivity contribution in [2.75, 3.05) is 13.2 Å². The van der Waals surface area contributed by atoms with Crippen LogP contribution in [-0.4, -0.2) is 25.3 Å². The molecular formula is C15H29NO. The SMILES string of the molecule is CC1CCCC(NCCC2CCCCO2)C1C. The molecule has 17 heavy (non-hydrogen) atoms. The maximum atomic E-state index is 5.78. The fourth-order valence-corrected chi connectivity index (χ4v) is 3.33. The molecule has 1 N–H and O–H groups in total. The van der Waals surface area contributed by atoms with Gasteiger partial charge in [0, 0.05) is 12.6 Å². The van der Waals surface area contributed by atoms with Gasteiger partial charge >= 0.3 is 0 Å². The number of hydrogen-bond acceptors (Lipinski definition) is 2. The quantitative estimate of drug-likeness (QED) is 0.812. The maximum Gasteiger partial charge on any atom is 0.0587 e. The van der Waals surface area contributed by atoms with Gasteiger partial charge in [-0.25, -0.2) is 0 Å². The second kappa shape index (κ2) is 6.75. The minimum atomic E-state index is 0.535. The number of rotatable bonds is 4. The predicted octanol–water partition coefficient (Wildman–Crippen LogP) is 3.36. The van der Waals surface area contributed by atoms with Crippen LogP contribution in [0.15, 0.2) is 0 Å². The molecule has 1 saturated carbocycles. The van der Waals surface area contributed by atoms with Crippen LogP contribution in [-0.2, 0) is 4.74 Å². The van der Waals surface area contributed by atoms with Crippen LogP contribution in [0.2, 0.25) is 0 Å². The van der Waals surface area contributed by atoms with Gasteiger partial charge in [-0.3, -0.25) is 0 Å².